The van der Waals surface area contributed by atoms with Gasteiger partial charge in [0.05, 0.1) is 29.4 Å². The molecule has 0 radical (unpaired) electrons. The quantitative estimate of drug-likeness (QED) is 0.287. The minimum absolute atomic E-state index is 0.215. The average molecular weight is 526 g/mol. The fourth-order valence-corrected chi connectivity index (χ4v) is 5.03. The van der Waals surface area contributed by atoms with E-state index >= 15 is 0 Å². The lowest BCUT2D eigenvalue weighted by molar-refractivity contribution is -0.137. The summed E-state index contributed by atoms with van der Waals surface area (Å²) >= 11 is 0. The predicted molar refractivity (Wildman–Crippen MR) is 132 cm³/mol. The molecule has 38 heavy (non-hydrogen) atoms. The number of fused-ring (bicyclic) bond motifs is 1. The summed E-state index contributed by atoms with van der Waals surface area (Å²) in [4.78, 5) is 20.1. The van der Waals surface area contributed by atoms with Gasteiger partial charge in [-0.3, -0.25) is 19.1 Å². The number of pyridine rings is 1. The molecule has 0 spiro atoms. The van der Waals surface area contributed by atoms with Gasteiger partial charge in [-0.25, -0.2) is 4.39 Å². The maximum absolute atomic E-state index is 13.4. The van der Waals surface area contributed by atoms with Crippen molar-refractivity contribution in [2.24, 2.45) is 0 Å². The van der Waals surface area contributed by atoms with Crippen molar-refractivity contribution >= 4 is 16.9 Å². The third-order valence-corrected chi connectivity index (χ3v) is 7.13. The number of likely N-dealkylation sites (N-methyl/N-ethyl adjacent to an activating group) is 1. The monoisotopic (exact) mass is 525 g/mol. The van der Waals surface area contributed by atoms with Crippen LogP contribution >= 0.6 is 0 Å². The summed E-state index contributed by atoms with van der Waals surface area (Å²) < 4.78 is 56.5. The molecule has 0 bridgehead atoms. The highest BCUT2D eigenvalue weighted by atomic mass is 19.4. The zero-order chi connectivity index (χ0) is 26.8. The van der Waals surface area contributed by atoms with Gasteiger partial charge >= 0.3 is 6.18 Å². The molecule has 0 saturated carbocycles. The van der Waals surface area contributed by atoms with Crippen LogP contribution in [0.25, 0.3) is 33.4 Å². The highest BCUT2D eigenvalue weighted by Crippen LogP contribution is 2.38. The number of aromatic nitrogens is 5. The first-order valence-corrected chi connectivity index (χ1v) is 12.0. The molecule has 2 fully saturated rings. The second-order valence-corrected chi connectivity index (χ2v) is 9.78. The van der Waals surface area contributed by atoms with Crippen molar-refractivity contribution in [1.29, 1.82) is 0 Å². The lowest BCUT2D eigenvalue weighted by atomic mass is 10.0. The van der Waals surface area contributed by atoms with Crippen LogP contribution < -0.4 is 0 Å². The number of carbonyl (C=O) groups is 1. The highest BCUT2D eigenvalue weighted by Gasteiger charge is 2.36. The Morgan fingerprint density at radius 1 is 1.03 bits per heavy atom. The lowest BCUT2D eigenvalue weighted by Crippen LogP contribution is -2.51. The second-order valence-electron chi connectivity index (χ2n) is 9.78. The largest absolute Gasteiger partial charge is 0.416 e. The molecule has 0 aliphatic carbocycles. The van der Waals surface area contributed by atoms with Gasteiger partial charge in [0.25, 0.3) is 5.91 Å². The topological polar surface area (TPSA) is 72.1 Å². The number of hydrogen-bond donors (Lipinski definition) is 0. The lowest BCUT2D eigenvalue weighted by Gasteiger charge is -2.39. The van der Waals surface area contributed by atoms with Crippen LogP contribution in [-0.2, 0) is 11.0 Å². The summed E-state index contributed by atoms with van der Waals surface area (Å²) in [6, 6.07) is 6.62. The molecule has 6 rings (SSSR count). The molecule has 4 aromatic rings. The molecule has 5 heterocycles. The van der Waals surface area contributed by atoms with E-state index in [4.69, 9.17) is 5.10 Å². The van der Waals surface area contributed by atoms with E-state index in [1.807, 2.05) is 24.0 Å². The maximum atomic E-state index is 13.4. The minimum Gasteiger partial charge on any atom is -0.332 e. The van der Waals surface area contributed by atoms with E-state index in [1.54, 1.807) is 17.1 Å². The van der Waals surface area contributed by atoms with Gasteiger partial charge in [0, 0.05) is 55.3 Å². The van der Waals surface area contributed by atoms with Gasteiger partial charge in [0.15, 0.2) is 5.83 Å². The number of rotatable bonds is 5. The Kier molecular flexibility index (Phi) is 5.60. The van der Waals surface area contributed by atoms with E-state index in [0.717, 1.165) is 36.3 Å². The van der Waals surface area contributed by atoms with Gasteiger partial charge in [-0.15, -0.1) is 0 Å². The number of benzene rings is 1. The summed E-state index contributed by atoms with van der Waals surface area (Å²) in [6.07, 6.45) is 0.912. The Bertz CT molecular complexity index is 1540. The maximum Gasteiger partial charge on any atom is 0.416 e. The van der Waals surface area contributed by atoms with Crippen molar-refractivity contribution in [3.05, 3.63) is 66.9 Å². The molecule has 1 aromatic carbocycles. The average Bonchev–Trinajstić information content (AvgIpc) is 3.46. The number of halogens is 4. The van der Waals surface area contributed by atoms with Gasteiger partial charge in [-0.2, -0.15) is 23.4 Å². The number of carbonyl (C=O) groups excluding carboxylic acids is 1. The number of amides is 1. The van der Waals surface area contributed by atoms with E-state index in [1.165, 1.54) is 17.0 Å². The molecular weight excluding hydrogens is 502 g/mol. The summed E-state index contributed by atoms with van der Waals surface area (Å²) in [5.41, 5.74) is 2.97. The van der Waals surface area contributed by atoms with Gasteiger partial charge < -0.3 is 9.80 Å². The standard InChI is InChI=1S/C26H23F4N7O/c1-15(27)25(38)35-13-20(14-35)37-24-21(17-9-32-36(10-17)19-11-34(2)12-19)7-8-31-23(24)22(33-37)16-3-5-18(6-4-16)26(28,29)30/h3-10,19-20H,1,11-14H2,2H3. The first-order valence-electron chi connectivity index (χ1n) is 12.0. The van der Waals surface area contributed by atoms with E-state index in [0.29, 0.717) is 22.3 Å². The van der Waals surface area contributed by atoms with Crippen molar-refractivity contribution in [1.82, 2.24) is 34.3 Å². The van der Waals surface area contributed by atoms with Crippen molar-refractivity contribution < 1.29 is 22.4 Å². The summed E-state index contributed by atoms with van der Waals surface area (Å²) in [7, 11) is 2.04. The molecule has 0 N–H and O–H groups in total. The SMILES string of the molecule is C=C(F)C(=O)N1CC(n2nc(-c3ccc(C(F)(F)F)cc3)c3nccc(-c4cnn(C5CN(C)C5)c4)c32)C1. The van der Waals surface area contributed by atoms with E-state index in [9.17, 15) is 22.4 Å². The predicted octanol–water partition coefficient (Wildman–Crippen LogP) is 4.33. The second kappa shape index (κ2) is 8.76. The molecule has 12 heteroatoms. The van der Waals surface area contributed by atoms with E-state index in [2.05, 4.69) is 21.6 Å². The highest BCUT2D eigenvalue weighted by molar-refractivity contribution is 5.99. The van der Waals surface area contributed by atoms with Gasteiger partial charge in [0.1, 0.15) is 11.2 Å². The fraction of sp³-hybridized carbons (Fsp3) is 0.308. The molecule has 0 atom stereocenters. The van der Waals surface area contributed by atoms with Crippen LogP contribution in [-0.4, -0.2) is 73.5 Å². The minimum atomic E-state index is -4.46. The summed E-state index contributed by atoms with van der Waals surface area (Å²) in [5.74, 6) is -1.80. The van der Waals surface area contributed by atoms with Crippen LogP contribution in [0, 0.1) is 0 Å². The molecular formula is C26H23F4N7O. The van der Waals surface area contributed by atoms with Crippen molar-refractivity contribution in [3.63, 3.8) is 0 Å². The zero-order valence-electron chi connectivity index (χ0n) is 20.4. The fourth-order valence-electron chi connectivity index (χ4n) is 5.03. The van der Waals surface area contributed by atoms with Crippen molar-refractivity contribution in [2.45, 2.75) is 18.3 Å². The zero-order valence-corrected chi connectivity index (χ0v) is 20.4. The van der Waals surface area contributed by atoms with Crippen LogP contribution in [0.4, 0.5) is 17.6 Å². The summed E-state index contributed by atoms with van der Waals surface area (Å²) in [5, 5.41) is 9.31. The molecule has 196 valence electrons. The summed E-state index contributed by atoms with van der Waals surface area (Å²) in [6.45, 7) is 5.30. The number of nitrogens with zero attached hydrogens (tertiary/aromatic N) is 7. The van der Waals surface area contributed by atoms with Crippen molar-refractivity contribution in [3.8, 4) is 22.4 Å². The Hall–Kier alpha value is -4.06. The van der Waals surface area contributed by atoms with Gasteiger partial charge in [-0.05, 0) is 25.2 Å². The Morgan fingerprint density at radius 3 is 2.37 bits per heavy atom. The molecule has 2 aliphatic rings. The van der Waals surface area contributed by atoms with Crippen LogP contribution in [0.2, 0.25) is 0 Å². The number of alkyl halides is 3. The molecule has 3 aromatic heterocycles. The van der Waals surface area contributed by atoms with E-state index < -0.39 is 23.5 Å². The smallest absolute Gasteiger partial charge is 0.332 e. The Labute approximate surface area is 214 Å². The van der Waals surface area contributed by atoms with Crippen LogP contribution in [0.5, 0.6) is 0 Å². The molecule has 0 unspecified atom stereocenters. The molecule has 2 saturated heterocycles. The number of likely N-dealkylation sites (tertiary alicyclic amines) is 2. The van der Waals surface area contributed by atoms with Crippen LogP contribution in [0.1, 0.15) is 17.6 Å². The van der Waals surface area contributed by atoms with E-state index in [-0.39, 0.29) is 25.2 Å². The molecule has 1 amide bonds. The van der Waals surface area contributed by atoms with Crippen LogP contribution in [0.15, 0.2) is 61.3 Å². The Balaban J connectivity index is 1.44. The van der Waals surface area contributed by atoms with Crippen LogP contribution in [0.3, 0.4) is 0 Å². The normalized spacial score (nSPS) is 17.0. The first-order chi connectivity index (χ1) is 18.1. The Morgan fingerprint density at radius 2 is 1.74 bits per heavy atom. The first kappa shape index (κ1) is 24.3. The van der Waals surface area contributed by atoms with Gasteiger partial charge in [0.2, 0.25) is 0 Å². The van der Waals surface area contributed by atoms with Gasteiger partial charge in [-0.1, -0.05) is 18.7 Å². The molecule has 8 nitrogen and oxygen atoms in total. The molecule has 2 aliphatic heterocycles. The number of hydrogen-bond acceptors (Lipinski definition) is 5. The third-order valence-electron chi connectivity index (χ3n) is 7.13. The van der Waals surface area contributed by atoms with Crippen molar-refractivity contribution in [2.75, 3.05) is 33.2 Å². The third kappa shape index (κ3) is 4.05.